The van der Waals surface area contributed by atoms with Gasteiger partial charge in [-0.3, -0.25) is 9.79 Å². The number of nitrogens with one attached hydrogen (secondary N) is 3. The highest BCUT2D eigenvalue weighted by Crippen LogP contribution is 2.31. The van der Waals surface area contributed by atoms with Crippen LogP contribution in [0.2, 0.25) is 0 Å². The quantitative estimate of drug-likeness (QED) is 0.500. The van der Waals surface area contributed by atoms with Gasteiger partial charge in [-0.25, -0.2) is 0 Å². The number of fused-ring (bicyclic) bond motifs is 1. The lowest BCUT2D eigenvalue weighted by Crippen LogP contribution is -2.39. The summed E-state index contributed by atoms with van der Waals surface area (Å²) in [6.07, 6.45) is 1.07. The first-order valence-electron chi connectivity index (χ1n) is 9.80. The molecule has 0 radical (unpaired) electrons. The molecule has 8 nitrogen and oxygen atoms in total. The van der Waals surface area contributed by atoms with Crippen molar-refractivity contribution in [1.29, 1.82) is 0 Å². The third-order valence-corrected chi connectivity index (χ3v) is 4.55. The lowest BCUT2D eigenvalue weighted by molar-refractivity contribution is -0.116. The van der Waals surface area contributed by atoms with Gasteiger partial charge in [0.2, 0.25) is 11.8 Å². The first-order valence-corrected chi connectivity index (χ1v) is 9.80. The smallest absolute Gasteiger partial charge is 0.228 e. The molecule has 8 heteroatoms. The molecule has 0 fully saturated rings. The average Bonchev–Trinajstić information content (AvgIpc) is 3.15. The minimum absolute atomic E-state index is 0.0363. The molecule has 0 bridgehead atoms. The zero-order valence-corrected chi connectivity index (χ0v) is 16.7. The molecule has 3 rings (SSSR count). The summed E-state index contributed by atoms with van der Waals surface area (Å²) in [5, 5.41) is 13.4. The van der Waals surface area contributed by atoms with Gasteiger partial charge in [-0.2, -0.15) is 4.98 Å². The Bertz CT molecular complexity index is 830. The SMILES string of the molecule is CCNC(=NCC1CC(=O)Nc2ccccc21)NCCc1nc(C(C)C)no1. The summed E-state index contributed by atoms with van der Waals surface area (Å²) in [5.41, 5.74) is 2.02. The number of rotatable bonds is 7. The van der Waals surface area contributed by atoms with Gasteiger partial charge in [0.15, 0.2) is 11.8 Å². The van der Waals surface area contributed by atoms with E-state index in [1.165, 1.54) is 0 Å². The molecule has 0 spiro atoms. The van der Waals surface area contributed by atoms with E-state index in [4.69, 9.17) is 4.52 Å². The van der Waals surface area contributed by atoms with E-state index in [1.54, 1.807) is 0 Å². The number of para-hydroxylation sites is 1. The van der Waals surface area contributed by atoms with E-state index >= 15 is 0 Å². The van der Waals surface area contributed by atoms with Gasteiger partial charge in [-0.05, 0) is 18.6 Å². The van der Waals surface area contributed by atoms with Crippen molar-refractivity contribution < 1.29 is 9.32 Å². The molecule has 1 aromatic heterocycles. The second-order valence-electron chi connectivity index (χ2n) is 7.13. The number of anilines is 1. The number of hydrogen-bond acceptors (Lipinski definition) is 5. The Hall–Kier alpha value is -2.90. The normalized spacial score (nSPS) is 16.6. The molecule has 1 amide bonds. The highest BCUT2D eigenvalue weighted by molar-refractivity contribution is 5.94. The molecule has 2 heterocycles. The summed E-state index contributed by atoms with van der Waals surface area (Å²) in [6, 6.07) is 7.91. The van der Waals surface area contributed by atoms with Crippen molar-refractivity contribution >= 4 is 17.6 Å². The molecule has 1 aliphatic heterocycles. The van der Waals surface area contributed by atoms with Crippen LogP contribution in [-0.4, -0.2) is 41.6 Å². The molecule has 150 valence electrons. The van der Waals surface area contributed by atoms with E-state index in [0.717, 1.165) is 29.6 Å². The van der Waals surface area contributed by atoms with Crippen molar-refractivity contribution in [3.8, 4) is 0 Å². The van der Waals surface area contributed by atoms with Crippen LogP contribution in [0, 0.1) is 0 Å². The van der Waals surface area contributed by atoms with E-state index in [0.29, 0.717) is 31.8 Å². The Kier molecular flexibility index (Phi) is 6.62. The summed E-state index contributed by atoms with van der Waals surface area (Å²) >= 11 is 0. The predicted molar refractivity (Wildman–Crippen MR) is 109 cm³/mol. The van der Waals surface area contributed by atoms with Crippen LogP contribution in [0.15, 0.2) is 33.8 Å². The standard InChI is InChI=1S/C20H28N6O2/c1-4-21-20(22-10-9-18-25-19(13(2)3)26-28-18)23-12-14-11-17(27)24-16-8-6-5-7-15(14)16/h5-8,13-14H,4,9-12H2,1-3H3,(H,24,27)(H2,21,22,23). The Labute approximate surface area is 165 Å². The number of carbonyl (C=O) groups excluding carboxylic acids is 1. The molecule has 1 atom stereocenters. The fraction of sp³-hybridized carbons (Fsp3) is 0.500. The first kappa shape index (κ1) is 19.9. The third-order valence-electron chi connectivity index (χ3n) is 4.55. The molecule has 2 aromatic rings. The van der Waals surface area contributed by atoms with Crippen LogP contribution in [0.1, 0.15) is 56.3 Å². The van der Waals surface area contributed by atoms with Crippen molar-refractivity contribution in [2.75, 3.05) is 25.0 Å². The van der Waals surface area contributed by atoms with Gasteiger partial charge < -0.3 is 20.5 Å². The van der Waals surface area contributed by atoms with E-state index < -0.39 is 0 Å². The molecule has 0 saturated carbocycles. The van der Waals surface area contributed by atoms with Crippen LogP contribution >= 0.6 is 0 Å². The average molecular weight is 384 g/mol. The van der Waals surface area contributed by atoms with E-state index in [2.05, 4.69) is 37.1 Å². The summed E-state index contributed by atoms with van der Waals surface area (Å²) < 4.78 is 5.27. The van der Waals surface area contributed by atoms with E-state index in [9.17, 15) is 4.79 Å². The van der Waals surface area contributed by atoms with Crippen LogP contribution in [0.4, 0.5) is 5.69 Å². The fourth-order valence-corrected chi connectivity index (χ4v) is 3.10. The van der Waals surface area contributed by atoms with Gasteiger partial charge in [-0.15, -0.1) is 0 Å². The number of aliphatic imine (C=N–C) groups is 1. The molecule has 0 saturated heterocycles. The number of guanidine groups is 1. The summed E-state index contributed by atoms with van der Waals surface area (Å²) in [6.45, 7) is 8.02. The number of nitrogens with zero attached hydrogens (tertiary/aromatic N) is 3. The number of aromatic nitrogens is 2. The lowest BCUT2D eigenvalue weighted by Gasteiger charge is -2.24. The van der Waals surface area contributed by atoms with Crippen LogP contribution in [-0.2, 0) is 11.2 Å². The monoisotopic (exact) mass is 384 g/mol. The second-order valence-corrected chi connectivity index (χ2v) is 7.13. The van der Waals surface area contributed by atoms with Crippen molar-refractivity contribution in [3.63, 3.8) is 0 Å². The van der Waals surface area contributed by atoms with Crippen LogP contribution in [0.3, 0.4) is 0 Å². The maximum atomic E-state index is 12.0. The van der Waals surface area contributed by atoms with Crippen molar-refractivity contribution in [1.82, 2.24) is 20.8 Å². The van der Waals surface area contributed by atoms with Crippen molar-refractivity contribution in [2.24, 2.45) is 4.99 Å². The van der Waals surface area contributed by atoms with Gasteiger partial charge in [0, 0.05) is 43.5 Å². The van der Waals surface area contributed by atoms with Gasteiger partial charge in [0.1, 0.15) is 0 Å². The fourth-order valence-electron chi connectivity index (χ4n) is 3.10. The Balaban J connectivity index is 1.59. The molecule has 1 aromatic carbocycles. The van der Waals surface area contributed by atoms with E-state index in [1.807, 2.05) is 39.0 Å². The number of hydrogen-bond donors (Lipinski definition) is 3. The molecule has 3 N–H and O–H groups in total. The van der Waals surface area contributed by atoms with Crippen LogP contribution in [0.25, 0.3) is 0 Å². The Morgan fingerprint density at radius 3 is 2.93 bits per heavy atom. The molecule has 1 unspecified atom stereocenters. The van der Waals surface area contributed by atoms with Gasteiger partial charge in [0.25, 0.3) is 0 Å². The Morgan fingerprint density at radius 2 is 2.18 bits per heavy atom. The first-order chi connectivity index (χ1) is 13.6. The number of amides is 1. The zero-order chi connectivity index (χ0) is 19.9. The molecule has 28 heavy (non-hydrogen) atoms. The van der Waals surface area contributed by atoms with Crippen LogP contribution < -0.4 is 16.0 Å². The lowest BCUT2D eigenvalue weighted by atomic mass is 9.91. The molecular weight excluding hydrogens is 356 g/mol. The van der Waals surface area contributed by atoms with E-state index in [-0.39, 0.29) is 17.7 Å². The summed E-state index contributed by atoms with van der Waals surface area (Å²) in [4.78, 5) is 21.0. The van der Waals surface area contributed by atoms with Crippen LogP contribution in [0.5, 0.6) is 0 Å². The minimum Gasteiger partial charge on any atom is -0.357 e. The molecule has 1 aliphatic rings. The molecule has 0 aliphatic carbocycles. The maximum absolute atomic E-state index is 12.0. The predicted octanol–water partition coefficient (Wildman–Crippen LogP) is 2.42. The summed E-state index contributed by atoms with van der Waals surface area (Å²) in [7, 11) is 0. The van der Waals surface area contributed by atoms with Crippen molar-refractivity contribution in [2.45, 2.75) is 45.4 Å². The van der Waals surface area contributed by atoms with Gasteiger partial charge in [-0.1, -0.05) is 37.2 Å². The second kappa shape index (κ2) is 9.34. The highest BCUT2D eigenvalue weighted by Gasteiger charge is 2.24. The summed E-state index contributed by atoms with van der Waals surface area (Å²) in [5.74, 6) is 2.42. The maximum Gasteiger partial charge on any atom is 0.228 e. The zero-order valence-electron chi connectivity index (χ0n) is 16.7. The Morgan fingerprint density at radius 1 is 1.36 bits per heavy atom. The molecular formula is C20H28N6O2. The largest absolute Gasteiger partial charge is 0.357 e. The number of carbonyl (C=O) groups is 1. The van der Waals surface area contributed by atoms with Crippen molar-refractivity contribution in [3.05, 3.63) is 41.5 Å². The van der Waals surface area contributed by atoms with Gasteiger partial charge in [0.05, 0.1) is 6.54 Å². The topological polar surface area (TPSA) is 104 Å². The number of benzene rings is 1. The van der Waals surface area contributed by atoms with Gasteiger partial charge >= 0.3 is 0 Å². The minimum atomic E-state index is 0.0363. The third kappa shape index (κ3) is 5.09. The highest BCUT2D eigenvalue weighted by atomic mass is 16.5.